The first-order chi connectivity index (χ1) is 8.39. The molecule has 1 N–H and O–H groups in total. The van der Waals surface area contributed by atoms with E-state index in [-0.39, 0.29) is 11.3 Å². The third-order valence-corrected chi connectivity index (χ3v) is 3.23. The Morgan fingerprint density at radius 3 is 2.67 bits per heavy atom. The summed E-state index contributed by atoms with van der Waals surface area (Å²) in [5.41, 5.74) is 3.16. The van der Waals surface area contributed by atoms with Gasteiger partial charge in [0, 0.05) is 24.2 Å². The predicted molar refractivity (Wildman–Crippen MR) is 72.9 cm³/mol. The minimum absolute atomic E-state index is 0.0384. The van der Waals surface area contributed by atoms with E-state index in [1.165, 1.54) is 0 Å². The first kappa shape index (κ1) is 13.0. The molecule has 1 saturated heterocycles. The highest BCUT2D eigenvalue weighted by atomic mass is 16.2. The molecular formula is C14H21N3O. The summed E-state index contributed by atoms with van der Waals surface area (Å²) in [4.78, 5) is 18.2. The summed E-state index contributed by atoms with van der Waals surface area (Å²) in [6.45, 7) is 10.4. The van der Waals surface area contributed by atoms with E-state index in [9.17, 15) is 4.79 Å². The lowest BCUT2D eigenvalue weighted by atomic mass is 9.90. The molecule has 2 heterocycles. The number of anilines is 1. The quantitative estimate of drug-likeness (QED) is 0.820. The number of aromatic nitrogens is 1. The van der Waals surface area contributed by atoms with E-state index in [1.807, 2.05) is 18.0 Å². The van der Waals surface area contributed by atoms with Crippen LogP contribution in [0.1, 0.15) is 32.0 Å². The summed E-state index contributed by atoms with van der Waals surface area (Å²) >= 11 is 0. The monoisotopic (exact) mass is 247 g/mol. The zero-order chi connectivity index (χ0) is 13.3. The van der Waals surface area contributed by atoms with Gasteiger partial charge in [-0.15, -0.1) is 0 Å². The molecule has 0 saturated carbocycles. The summed E-state index contributed by atoms with van der Waals surface area (Å²) < 4.78 is 0. The zero-order valence-corrected chi connectivity index (χ0v) is 11.6. The topological polar surface area (TPSA) is 45.2 Å². The van der Waals surface area contributed by atoms with Gasteiger partial charge in [0.05, 0.1) is 18.4 Å². The van der Waals surface area contributed by atoms with E-state index >= 15 is 0 Å². The SMILES string of the molecule is Cc1cc(C(C)(C)C)ncc1N1CCNCC1=O. The summed E-state index contributed by atoms with van der Waals surface area (Å²) in [6.07, 6.45) is 1.83. The van der Waals surface area contributed by atoms with Crippen molar-refractivity contribution in [3.63, 3.8) is 0 Å². The molecule has 0 bridgehead atoms. The average Bonchev–Trinajstić information content (AvgIpc) is 2.29. The molecule has 98 valence electrons. The van der Waals surface area contributed by atoms with E-state index in [0.717, 1.165) is 30.0 Å². The minimum Gasteiger partial charge on any atom is -0.308 e. The average molecular weight is 247 g/mol. The number of hydrogen-bond acceptors (Lipinski definition) is 3. The highest BCUT2D eigenvalue weighted by Gasteiger charge is 2.23. The van der Waals surface area contributed by atoms with Crippen molar-refractivity contribution in [1.29, 1.82) is 0 Å². The smallest absolute Gasteiger partial charge is 0.241 e. The molecule has 0 aromatic carbocycles. The predicted octanol–water partition coefficient (Wildman–Crippen LogP) is 1.62. The Balaban J connectivity index is 2.32. The molecule has 0 radical (unpaired) electrons. The molecule has 1 amide bonds. The van der Waals surface area contributed by atoms with Gasteiger partial charge in [0.25, 0.3) is 0 Å². The number of piperazine rings is 1. The molecular weight excluding hydrogens is 226 g/mol. The van der Waals surface area contributed by atoms with E-state index in [4.69, 9.17) is 0 Å². The van der Waals surface area contributed by atoms with Crippen LogP contribution in [0.5, 0.6) is 0 Å². The Labute approximate surface area is 108 Å². The molecule has 1 aromatic rings. The van der Waals surface area contributed by atoms with Crippen molar-refractivity contribution in [2.45, 2.75) is 33.1 Å². The van der Waals surface area contributed by atoms with Crippen LogP contribution in [0, 0.1) is 6.92 Å². The molecule has 4 nitrogen and oxygen atoms in total. The Morgan fingerprint density at radius 2 is 2.11 bits per heavy atom. The number of rotatable bonds is 1. The van der Waals surface area contributed by atoms with Gasteiger partial charge < -0.3 is 10.2 Å². The van der Waals surface area contributed by atoms with Crippen LogP contribution in [0.2, 0.25) is 0 Å². The standard InChI is InChI=1S/C14H21N3O/c1-10-7-12(14(2,3)4)16-8-11(10)17-6-5-15-9-13(17)18/h7-8,15H,5-6,9H2,1-4H3. The van der Waals surface area contributed by atoms with Gasteiger partial charge in [-0.25, -0.2) is 0 Å². The number of carbonyl (C=O) groups excluding carboxylic acids is 1. The van der Waals surface area contributed by atoms with Gasteiger partial charge in [-0.3, -0.25) is 9.78 Å². The second-order valence-corrected chi connectivity index (χ2v) is 5.83. The maximum Gasteiger partial charge on any atom is 0.241 e. The molecule has 0 spiro atoms. The van der Waals surface area contributed by atoms with E-state index < -0.39 is 0 Å². The van der Waals surface area contributed by atoms with Crippen molar-refractivity contribution in [1.82, 2.24) is 10.3 Å². The summed E-state index contributed by atoms with van der Waals surface area (Å²) in [6, 6.07) is 2.09. The molecule has 18 heavy (non-hydrogen) atoms. The highest BCUT2D eigenvalue weighted by Crippen LogP contribution is 2.26. The number of nitrogens with one attached hydrogen (secondary N) is 1. The van der Waals surface area contributed by atoms with Crippen molar-refractivity contribution in [3.8, 4) is 0 Å². The molecule has 2 rings (SSSR count). The third kappa shape index (κ3) is 2.53. The van der Waals surface area contributed by atoms with Gasteiger partial charge in [-0.2, -0.15) is 0 Å². The molecule has 0 unspecified atom stereocenters. The van der Waals surface area contributed by atoms with Gasteiger partial charge in [-0.05, 0) is 18.6 Å². The van der Waals surface area contributed by atoms with Gasteiger partial charge in [0.1, 0.15) is 0 Å². The number of nitrogens with zero attached hydrogens (tertiary/aromatic N) is 2. The molecule has 1 aliphatic rings. The minimum atomic E-state index is 0.0384. The van der Waals surface area contributed by atoms with Crippen LogP contribution in [0.15, 0.2) is 12.3 Å². The maximum absolute atomic E-state index is 11.9. The van der Waals surface area contributed by atoms with E-state index in [0.29, 0.717) is 6.54 Å². The number of carbonyl (C=O) groups is 1. The highest BCUT2D eigenvalue weighted by molar-refractivity contribution is 5.96. The second-order valence-electron chi connectivity index (χ2n) is 5.83. The largest absolute Gasteiger partial charge is 0.308 e. The lowest BCUT2D eigenvalue weighted by Crippen LogP contribution is -2.48. The third-order valence-electron chi connectivity index (χ3n) is 3.23. The molecule has 1 aliphatic heterocycles. The first-order valence-electron chi connectivity index (χ1n) is 6.38. The van der Waals surface area contributed by atoms with Crippen LogP contribution in [-0.4, -0.2) is 30.5 Å². The van der Waals surface area contributed by atoms with E-state index in [1.54, 1.807) is 0 Å². The van der Waals surface area contributed by atoms with Crippen LogP contribution in [0.4, 0.5) is 5.69 Å². The normalized spacial score (nSPS) is 17.1. The fraction of sp³-hybridized carbons (Fsp3) is 0.571. The number of hydrogen-bond donors (Lipinski definition) is 1. The van der Waals surface area contributed by atoms with Gasteiger partial charge in [0.2, 0.25) is 5.91 Å². The Kier molecular flexibility index (Phi) is 3.39. The summed E-state index contributed by atoms with van der Waals surface area (Å²) in [5, 5.41) is 3.08. The Hall–Kier alpha value is -1.42. The van der Waals surface area contributed by atoms with E-state index in [2.05, 4.69) is 37.1 Å². The Morgan fingerprint density at radius 1 is 1.39 bits per heavy atom. The van der Waals surface area contributed by atoms with Crippen LogP contribution in [-0.2, 0) is 10.2 Å². The van der Waals surface area contributed by atoms with Crippen molar-refractivity contribution in [2.24, 2.45) is 0 Å². The summed E-state index contributed by atoms with van der Waals surface area (Å²) in [7, 11) is 0. The number of amides is 1. The Bertz CT molecular complexity index is 463. The fourth-order valence-corrected chi connectivity index (χ4v) is 2.10. The second kappa shape index (κ2) is 4.69. The van der Waals surface area contributed by atoms with Crippen molar-refractivity contribution < 1.29 is 4.79 Å². The van der Waals surface area contributed by atoms with Crippen molar-refractivity contribution in [3.05, 3.63) is 23.5 Å². The van der Waals surface area contributed by atoms with Crippen LogP contribution >= 0.6 is 0 Å². The number of aryl methyl sites for hydroxylation is 1. The van der Waals surface area contributed by atoms with Crippen LogP contribution in [0.25, 0.3) is 0 Å². The van der Waals surface area contributed by atoms with Crippen molar-refractivity contribution >= 4 is 11.6 Å². The van der Waals surface area contributed by atoms with Crippen LogP contribution in [0.3, 0.4) is 0 Å². The molecule has 1 fully saturated rings. The number of pyridine rings is 1. The molecule has 0 atom stereocenters. The molecule has 4 heteroatoms. The summed E-state index contributed by atoms with van der Waals surface area (Å²) in [5.74, 6) is 0.120. The fourth-order valence-electron chi connectivity index (χ4n) is 2.10. The van der Waals surface area contributed by atoms with Crippen LogP contribution < -0.4 is 10.2 Å². The lowest BCUT2D eigenvalue weighted by molar-refractivity contribution is -0.118. The lowest BCUT2D eigenvalue weighted by Gasteiger charge is -2.29. The van der Waals surface area contributed by atoms with Gasteiger partial charge in [0.15, 0.2) is 0 Å². The van der Waals surface area contributed by atoms with Gasteiger partial charge >= 0.3 is 0 Å². The van der Waals surface area contributed by atoms with Crippen molar-refractivity contribution in [2.75, 3.05) is 24.5 Å². The maximum atomic E-state index is 11.9. The molecule has 0 aliphatic carbocycles. The zero-order valence-electron chi connectivity index (χ0n) is 11.6. The molecule has 1 aromatic heterocycles. The van der Waals surface area contributed by atoms with Gasteiger partial charge in [-0.1, -0.05) is 20.8 Å². The first-order valence-corrected chi connectivity index (χ1v) is 6.38.